The lowest BCUT2D eigenvalue weighted by atomic mass is 10.0. The van der Waals surface area contributed by atoms with Crippen molar-refractivity contribution in [1.29, 1.82) is 0 Å². The van der Waals surface area contributed by atoms with Crippen LogP contribution in [0.3, 0.4) is 0 Å². The van der Waals surface area contributed by atoms with Crippen molar-refractivity contribution in [1.82, 2.24) is 29.5 Å². The van der Waals surface area contributed by atoms with Gasteiger partial charge in [-0.05, 0) is 43.7 Å². The molecule has 4 aromatic rings. The lowest BCUT2D eigenvalue weighted by Crippen LogP contribution is -2.46. The maximum atomic E-state index is 15.3. The van der Waals surface area contributed by atoms with Gasteiger partial charge in [0.25, 0.3) is 11.8 Å². The van der Waals surface area contributed by atoms with Gasteiger partial charge in [-0.15, -0.1) is 12.4 Å². The van der Waals surface area contributed by atoms with Gasteiger partial charge in [-0.25, -0.2) is 9.37 Å². The number of carbonyl (C=O) groups excluding carboxylic acids is 2. The molecule has 5 rings (SSSR count). The number of piperazine rings is 1. The molecule has 0 spiro atoms. The fourth-order valence-corrected chi connectivity index (χ4v) is 5.07. The highest BCUT2D eigenvalue weighted by atomic mass is 35.5. The Bertz CT molecular complexity index is 1590. The summed E-state index contributed by atoms with van der Waals surface area (Å²) in [4.78, 5) is 32.2. The number of imidazole rings is 1. The molecule has 0 atom stereocenters. The highest BCUT2D eigenvalue weighted by Crippen LogP contribution is 2.30. The molecule has 42 heavy (non-hydrogen) atoms. The molecule has 0 radical (unpaired) electrons. The SMILES string of the molecule is COCCn1cc(-c2ccc(-c3cnc(C(=O)Nc4ccc(C(=O)N5CCNCC5)c(C)c4)n3C)cc2F)c(C)n1.Cl. The minimum Gasteiger partial charge on any atom is -0.383 e. The minimum absolute atomic E-state index is 0. The van der Waals surface area contributed by atoms with E-state index >= 15 is 4.39 Å². The van der Waals surface area contributed by atoms with Crippen LogP contribution >= 0.6 is 12.4 Å². The number of benzene rings is 2. The Balaban J connectivity index is 0.00000405. The number of rotatable bonds is 8. The molecule has 1 fully saturated rings. The number of nitrogens with one attached hydrogen (secondary N) is 2. The molecule has 222 valence electrons. The Morgan fingerprint density at radius 3 is 2.55 bits per heavy atom. The van der Waals surface area contributed by atoms with E-state index in [4.69, 9.17) is 4.74 Å². The topological polar surface area (TPSA) is 106 Å². The second kappa shape index (κ2) is 13.3. The van der Waals surface area contributed by atoms with Crippen LogP contribution in [0.5, 0.6) is 0 Å². The normalized spacial score (nSPS) is 13.1. The quantitative estimate of drug-likeness (QED) is 0.318. The predicted molar refractivity (Wildman–Crippen MR) is 162 cm³/mol. The van der Waals surface area contributed by atoms with Crippen LogP contribution in [-0.2, 0) is 18.3 Å². The number of ether oxygens (including phenoxy) is 1. The number of methoxy groups -OCH3 is 1. The summed E-state index contributed by atoms with van der Waals surface area (Å²) >= 11 is 0. The van der Waals surface area contributed by atoms with Gasteiger partial charge in [-0.1, -0.05) is 12.1 Å². The molecule has 1 aliphatic heterocycles. The number of anilines is 1. The monoisotopic (exact) mass is 595 g/mol. The van der Waals surface area contributed by atoms with Crippen LogP contribution in [0.1, 0.15) is 32.2 Å². The molecular formula is C30H35ClFN7O3. The summed E-state index contributed by atoms with van der Waals surface area (Å²) < 4.78 is 23.8. The molecule has 2 aromatic carbocycles. The summed E-state index contributed by atoms with van der Waals surface area (Å²) in [6.45, 7) is 7.69. The third-order valence-corrected chi connectivity index (χ3v) is 7.34. The largest absolute Gasteiger partial charge is 0.383 e. The van der Waals surface area contributed by atoms with Gasteiger partial charge in [-0.2, -0.15) is 5.10 Å². The molecule has 2 amide bonds. The number of nitrogens with zero attached hydrogens (tertiary/aromatic N) is 5. The Labute approximate surface area is 250 Å². The molecule has 3 heterocycles. The number of carbonyl (C=O) groups is 2. The number of aromatic nitrogens is 4. The van der Waals surface area contributed by atoms with Crippen molar-refractivity contribution in [2.24, 2.45) is 7.05 Å². The Hall–Kier alpha value is -4.06. The molecule has 0 unspecified atom stereocenters. The molecule has 1 aliphatic rings. The fourth-order valence-electron chi connectivity index (χ4n) is 5.07. The van der Waals surface area contributed by atoms with Crippen molar-refractivity contribution < 1.29 is 18.7 Å². The second-order valence-corrected chi connectivity index (χ2v) is 10.1. The molecule has 2 N–H and O–H groups in total. The Kier molecular flexibility index (Phi) is 9.77. The Morgan fingerprint density at radius 2 is 1.86 bits per heavy atom. The summed E-state index contributed by atoms with van der Waals surface area (Å²) in [6.07, 6.45) is 3.37. The van der Waals surface area contributed by atoms with E-state index in [1.54, 1.807) is 59.9 Å². The second-order valence-electron chi connectivity index (χ2n) is 10.1. The highest BCUT2D eigenvalue weighted by Gasteiger charge is 2.21. The molecular weight excluding hydrogens is 561 g/mol. The van der Waals surface area contributed by atoms with Crippen LogP contribution < -0.4 is 10.6 Å². The van der Waals surface area contributed by atoms with E-state index in [1.165, 1.54) is 6.07 Å². The van der Waals surface area contributed by atoms with E-state index < -0.39 is 11.7 Å². The number of hydrogen-bond acceptors (Lipinski definition) is 6. The van der Waals surface area contributed by atoms with Crippen LogP contribution in [-0.4, -0.2) is 75.9 Å². The summed E-state index contributed by atoms with van der Waals surface area (Å²) in [5, 5.41) is 10.6. The first-order chi connectivity index (χ1) is 19.8. The molecule has 0 aliphatic carbocycles. The van der Waals surface area contributed by atoms with Crippen molar-refractivity contribution in [3.05, 3.63) is 77.3 Å². The molecule has 0 bridgehead atoms. The number of amides is 2. The summed E-state index contributed by atoms with van der Waals surface area (Å²) in [7, 11) is 3.34. The van der Waals surface area contributed by atoms with Crippen LogP contribution in [0, 0.1) is 19.7 Å². The fraction of sp³-hybridized carbons (Fsp3) is 0.333. The van der Waals surface area contributed by atoms with Crippen molar-refractivity contribution in [3.63, 3.8) is 0 Å². The predicted octanol–water partition coefficient (Wildman–Crippen LogP) is 4.07. The zero-order chi connectivity index (χ0) is 29.1. The minimum atomic E-state index is -0.407. The van der Waals surface area contributed by atoms with Gasteiger partial charge in [0.1, 0.15) is 5.82 Å². The first kappa shape index (κ1) is 30.9. The van der Waals surface area contributed by atoms with Gasteiger partial charge in [0.2, 0.25) is 0 Å². The molecule has 0 saturated carbocycles. The third kappa shape index (κ3) is 6.38. The summed E-state index contributed by atoms with van der Waals surface area (Å²) in [6, 6.07) is 10.2. The Morgan fingerprint density at radius 1 is 1.10 bits per heavy atom. The van der Waals surface area contributed by atoms with Gasteiger partial charge >= 0.3 is 0 Å². The number of halogens is 2. The zero-order valence-electron chi connectivity index (χ0n) is 24.1. The highest BCUT2D eigenvalue weighted by molar-refractivity contribution is 6.03. The smallest absolute Gasteiger partial charge is 0.291 e. The molecule has 10 nitrogen and oxygen atoms in total. The lowest BCUT2D eigenvalue weighted by Gasteiger charge is -2.28. The van der Waals surface area contributed by atoms with Crippen LogP contribution in [0.25, 0.3) is 22.4 Å². The summed E-state index contributed by atoms with van der Waals surface area (Å²) in [5.41, 5.74) is 5.04. The van der Waals surface area contributed by atoms with Gasteiger partial charge in [-0.3, -0.25) is 14.3 Å². The number of aryl methyl sites for hydroxylation is 2. The van der Waals surface area contributed by atoms with Crippen molar-refractivity contribution in [3.8, 4) is 22.4 Å². The van der Waals surface area contributed by atoms with Gasteiger partial charge in [0, 0.05) is 74.5 Å². The van der Waals surface area contributed by atoms with Gasteiger partial charge < -0.3 is 24.8 Å². The maximum Gasteiger partial charge on any atom is 0.291 e. The molecule has 2 aromatic heterocycles. The first-order valence-electron chi connectivity index (χ1n) is 13.5. The first-order valence-corrected chi connectivity index (χ1v) is 13.5. The maximum absolute atomic E-state index is 15.3. The summed E-state index contributed by atoms with van der Waals surface area (Å²) in [5.74, 6) is -0.632. The molecule has 1 saturated heterocycles. The van der Waals surface area contributed by atoms with Crippen LogP contribution in [0.4, 0.5) is 10.1 Å². The van der Waals surface area contributed by atoms with Crippen molar-refractivity contribution in [2.75, 3.05) is 45.2 Å². The van der Waals surface area contributed by atoms with Gasteiger partial charge in [0.15, 0.2) is 5.82 Å². The van der Waals surface area contributed by atoms with E-state index in [-0.39, 0.29) is 24.1 Å². The van der Waals surface area contributed by atoms with E-state index in [9.17, 15) is 9.59 Å². The zero-order valence-corrected chi connectivity index (χ0v) is 24.9. The number of hydrogen-bond donors (Lipinski definition) is 2. The lowest BCUT2D eigenvalue weighted by molar-refractivity contribution is 0.0735. The standard InChI is InChI=1S/C30H34FN7O3.ClH/c1-19-15-22(6-8-23(19)30(40)37-11-9-32-10-12-37)34-29(39)28-33-17-27(36(28)3)21-5-7-24(26(31)16-21)25-18-38(13-14-41-4)35-20(25)2;/h5-8,15-18,32H,9-14H2,1-4H3,(H,34,39);1H. The van der Waals surface area contributed by atoms with Crippen LogP contribution in [0.2, 0.25) is 0 Å². The van der Waals surface area contributed by atoms with Crippen molar-refractivity contribution in [2.45, 2.75) is 20.4 Å². The van der Waals surface area contributed by atoms with E-state index in [0.717, 1.165) is 24.3 Å². The third-order valence-electron chi connectivity index (χ3n) is 7.34. The van der Waals surface area contributed by atoms with Gasteiger partial charge in [0.05, 0.1) is 30.7 Å². The molecule has 12 heteroatoms. The van der Waals surface area contributed by atoms with E-state index in [2.05, 4.69) is 20.7 Å². The van der Waals surface area contributed by atoms with E-state index in [0.29, 0.717) is 59.9 Å². The average molecular weight is 596 g/mol. The average Bonchev–Trinajstić information content (AvgIpc) is 3.53. The van der Waals surface area contributed by atoms with Crippen LogP contribution in [0.15, 0.2) is 48.8 Å². The van der Waals surface area contributed by atoms with Crippen molar-refractivity contribution >= 4 is 29.9 Å². The van der Waals surface area contributed by atoms with E-state index in [1.807, 2.05) is 24.9 Å².